The minimum absolute atomic E-state index is 0.0118. The SMILES string of the molecule is Cc1cc(OCc2ccccc2C#N)c(F)cc1[N+](=O)[O-]. The lowest BCUT2D eigenvalue weighted by molar-refractivity contribution is -0.385. The van der Waals surface area contributed by atoms with E-state index in [4.69, 9.17) is 10.00 Å². The fourth-order valence-electron chi connectivity index (χ4n) is 1.86. The van der Waals surface area contributed by atoms with Gasteiger partial charge in [0.25, 0.3) is 5.69 Å². The topological polar surface area (TPSA) is 76.2 Å². The molecule has 0 aromatic heterocycles. The summed E-state index contributed by atoms with van der Waals surface area (Å²) in [6.07, 6.45) is 0. The Kier molecular flexibility index (Phi) is 4.14. The molecule has 0 atom stereocenters. The number of ether oxygens (including phenoxy) is 1. The van der Waals surface area contributed by atoms with Crippen LogP contribution in [0.5, 0.6) is 5.75 Å². The highest BCUT2D eigenvalue weighted by Crippen LogP contribution is 2.27. The van der Waals surface area contributed by atoms with Crippen molar-refractivity contribution >= 4 is 5.69 Å². The quantitative estimate of drug-likeness (QED) is 0.636. The van der Waals surface area contributed by atoms with E-state index in [1.54, 1.807) is 24.3 Å². The van der Waals surface area contributed by atoms with Crippen LogP contribution in [0.15, 0.2) is 36.4 Å². The minimum Gasteiger partial charge on any atom is -0.486 e. The smallest absolute Gasteiger partial charge is 0.275 e. The fourth-order valence-corrected chi connectivity index (χ4v) is 1.86. The molecular formula is C15H11FN2O3. The first kappa shape index (κ1) is 14.5. The second kappa shape index (κ2) is 6.01. The summed E-state index contributed by atoms with van der Waals surface area (Å²) in [4.78, 5) is 10.1. The third-order valence-electron chi connectivity index (χ3n) is 2.97. The first-order valence-corrected chi connectivity index (χ1v) is 6.08. The lowest BCUT2D eigenvalue weighted by Gasteiger charge is -2.09. The molecule has 0 spiro atoms. The van der Waals surface area contributed by atoms with Crippen LogP contribution in [0.1, 0.15) is 16.7 Å². The van der Waals surface area contributed by atoms with Crippen LogP contribution in [0.25, 0.3) is 0 Å². The molecule has 5 nitrogen and oxygen atoms in total. The Balaban J connectivity index is 2.23. The van der Waals surface area contributed by atoms with E-state index >= 15 is 0 Å². The highest BCUT2D eigenvalue weighted by molar-refractivity contribution is 5.45. The zero-order chi connectivity index (χ0) is 15.4. The second-order valence-electron chi connectivity index (χ2n) is 4.38. The molecule has 0 radical (unpaired) electrons. The molecule has 21 heavy (non-hydrogen) atoms. The van der Waals surface area contributed by atoms with E-state index in [9.17, 15) is 14.5 Å². The average Bonchev–Trinajstić information content (AvgIpc) is 2.47. The number of hydrogen-bond donors (Lipinski definition) is 0. The predicted molar refractivity (Wildman–Crippen MR) is 73.3 cm³/mol. The van der Waals surface area contributed by atoms with E-state index in [2.05, 4.69) is 0 Å². The third-order valence-corrected chi connectivity index (χ3v) is 2.97. The number of aryl methyl sites for hydroxylation is 1. The molecule has 2 rings (SSSR count). The summed E-state index contributed by atoms with van der Waals surface area (Å²) in [6.45, 7) is 1.52. The van der Waals surface area contributed by atoms with Crippen molar-refractivity contribution in [3.8, 4) is 11.8 Å². The van der Waals surface area contributed by atoms with Gasteiger partial charge < -0.3 is 4.74 Å². The molecule has 106 valence electrons. The van der Waals surface area contributed by atoms with Gasteiger partial charge in [-0.3, -0.25) is 10.1 Å². The number of nitro groups is 1. The lowest BCUT2D eigenvalue weighted by atomic mass is 10.1. The molecule has 0 unspecified atom stereocenters. The van der Waals surface area contributed by atoms with Gasteiger partial charge >= 0.3 is 0 Å². The van der Waals surface area contributed by atoms with Gasteiger partial charge in [0.15, 0.2) is 11.6 Å². The summed E-state index contributed by atoms with van der Waals surface area (Å²) >= 11 is 0. The van der Waals surface area contributed by atoms with Crippen LogP contribution in [-0.4, -0.2) is 4.92 Å². The maximum absolute atomic E-state index is 13.8. The van der Waals surface area contributed by atoms with E-state index in [1.807, 2.05) is 6.07 Å². The van der Waals surface area contributed by atoms with Gasteiger partial charge in [0, 0.05) is 11.1 Å². The predicted octanol–water partition coefficient (Wildman–Crippen LogP) is 3.49. The van der Waals surface area contributed by atoms with Crippen molar-refractivity contribution in [2.24, 2.45) is 0 Å². The summed E-state index contributed by atoms with van der Waals surface area (Å²) < 4.78 is 19.1. The molecule has 0 saturated carbocycles. The molecule has 2 aromatic carbocycles. The van der Waals surface area contributed by atoms with Crippen LogP contribution in [0.3, 0.4) is 0 Å². The molecule has 0 fully saturated rings. The number of nitrogens with zero attached hydrogens (tertiary/aromatic N) is 2. The molecular weight excluding hydrogens is 275 g/mol. The van der Waals surface area contributed by atoms with E-state index in [1.165, 1.54) is 13.0 Å². The van der Waals surface area contributed by atoms with Crippen molar-refractivity contribution in [3.63, 3.8) is 0 Å². The van der Waals surface area contributed by atoms with Crippen molar-refractivity contribution < 1.29 is 14.1 Å². The Labute approximate surface area is 120 Å². The maximum atomic E-state index is 13.8. The second-order valence-corrected chi connectivity index (χ2v) is 4.38. The first-order chi connectivity index (χ1) is 10.0. The van der Waals surface area contributed by atoms with Crippen molar-refractivity contribution in [1.29, 1.82) is 5.26 Å². The summed E-state index contributed by atoms with van der Waals surface area (Å²) in [6, 6.07) is 10.9. The van der Waals surface area contributed by atoms with Gasteiger partial charge in [-0.05, 0) is 19.1 Å². The monoisotopic (exact) mass is 286 g/mol. The molecule has 0 heterocycles. The molecule has 0 aliphatic carbocycles. The van der Waals surface area contributed by atoms with Crippen molar-refractivity contribution in [3.05, 3.63) is 69.0 Å². The van der Waals surface area contributed by atoms with Crippen molar-refractivity contribution in [2.45, 2.75) is 13.5 Å². The van der Waals surface area contributed by atoms with Crippen molar-refractivity contribution in [2.75, 3.05) is 0 Å². The van der Waals surface area contributed by atoms with Crippen LogP contribution in [0.4, 0.5) is 10.1 Å². The van der Waals surface area contributed by atoms with Crippen molar-refractivity contribution in [1.82, 2.24) is 0 Å². The fraction of sp³-hybridized carbons (Fsp3) is 0.133. The molecule has 0 saturated heterocycles. The van der Waals surface area contributed by atoms with Gasteiger partial charge in [-0.15, -0.1) is 0 Å². The number of rotatable bonds is 4. The molecule has 0 aliphatic heterocycles. The summed E-state index contributed by atoms with van der Waals surface area (Å²) in [7, 11) is 0. The van der Waals surface area contributed by atoms with E-state index in [0.29, 0.717) is 16.7 Å². The van der Waals surface area contributed by atoms with Crippen LogP contribution >= 0.6 is 0 Å². The summed E-state index contributed by atoms with van der Waals surface area (Å²) in [5, 5.41) is 19.7. The normalized spacial score (nSPS) is 9.95. The lowest BCUT2D eigenvalue weighted by Crippen LogP contribution is -2.01. The molecule has 2 aromatic rings. The van der Waals surface area contributed by atoms with Gasteiger partial charge in [-0.1, -0.05) is 18.2 Å². The third kappa shape index (κ3) is 3.15. The molecule has 0 amide bonds. The van der Waals surface area contributed by atoms with E-state index < -0.39 is 10.7 Å². The van der Waals surface area contributed by atoms with Crippen LogP contribution in [-0.2, 0) is 6.61 Å². The van der Waals surface area contributed by atoms with Crippen LogP contribution < -0.4 is 4.74 Å². The number of nitriles is 1. The van der Waals surface area contributed by atoms with Gasteiger partial charge in [-0.25, -0.2) is 4.39 Å². The largest absolute Gasteiger partial charge is 0.486 e. The highest BCUT2D eigenvalue weighted by atomic mass is 19.1. The number of hydrogen-bond acceptors (Lipinski definition) is 4. The standard InChI is InChI=1S/C15H11FN2O3/c1-10-6-15(13(16)7-14(10)18(19)20)21-9-12-5-3-2-4-11(12)8-17/h2-7H,9H2,1H3. The molecule has 0 aliphatic rings. The van der Waals surface area contributed by atoms with Gasteiger partial charge in [0.2, 0.25) is 0 Å². The Morgan fingerprint density at radius 3 is 2.76 bits per heavy atom. The van der Waals surface area contributed by atoms with Gasteiger partial charge in [0.1, 0.15) is 6.61 Å². The minimum atomic E-state index is -0.804. The average molecular weight is 286 g/mol. The van der Waals surface area contributed by atoms with E-state index in [-0.39, 0.29) is 18.0 Å². The maximum Gasteiger partial charge on any atom is 0.275 e. The van der Waals surface area contributed by atoms with Crippen LogP contribution in [0.2, 0.25) is 0 Å². The number of benzene rings is 2. The number of halogens is 1. The van der Waals surface area contributed by atoms with Gasteiger partial charge in [-0.2, -0.15) is 5.26 Å². The first-order valence-electron chi connectivity index (χ1n) is 6.08. The highest BCUT2D eigenvalue weighted by Gasteiger charge is 2.16. The molecule has 0 bridgehead atoms. The Morgan fingerprint density at radius 1 is 1.38 bits per heavy atom. The Morgan fingerprint density at radius 2 is 2.10 bits per heavy atom. The molecule has 6 heteroatoms. The zero-order valence-electron chi connectivity index (χ0n) is 11.2. The number of nitro benzene ring substituents is 1. The summed E-state index contributed by atoms with van der Waals surface area (Å²) in [5.74, 6) is -0.882. The molecule has 0 N–H and O–H groups in total. The summed E-state index contributed by atoms with van der Waals surface area (Å²) in [5.41, 5.74) is 1.08. The zero-order valence-corrected chi connectivity index (χ0v) is 11.2. The van der Waals surface area contributed by atoms with Gasteiger partial charge in [0.05, 0.1) is 22.6 Å². The van der Waals surface area contributed by atoms with E-state index in [0.717, 1.165) is 6.07 Å². The Hall–Kier alpha value is -2.94. The van der Waals surface area contributed by atoms with Crippen LogP contribution in [0, 0.1) is 34.2 Å². The Bertz CT molecular complexity index is 738.